The van der Waals surface area contributed by atoms with Gasteiger partial charge in [-0.05, 0) is 76.4 Å². The molecule has 4 amide bonds. The third kappa shape index (κ3) is 5.59. The molecule has 1 atom stereocenters. The smallest absolute Gasteiger partial charge is 0.325 e. The highest BCUT2D eigenvalue weighted by molar-refractivity contribution is 6.07. The zero-order chi connectivity index (χ0) is 24.9. The Bertz CT molecular complexity index is 881. The zero-order valence-corrected chi connectivity index (χ0v) is 21.0. The second-order valence-electron chi connectivity index (χ2n) is 9.93. The van der Waals surface area contributed by atoms with Gasteiger partial charge in [0.25, 0.3) is 5.91 Å². The number of halogens is 1. The third-order valence-corrected chi connectivity index (χ3v) is 7.40. The highest BCUT2D eigenvalue weighted by atomic mass is 19.1. The van der Waals surface area contributed by atoms with Gasteiger partial charge in [0, 0.05) is 32.0 Å². The Morgan fingerprint density at radius 3 is 2.47 bits per heavy atom. The number of hydrogen-bond acceptors (Lipinski definition) is 4. The second kappa shape index (κ2) is 11.3. The number of piperidine rings is 1. The van der Waals surface area contributed by atoms with E-state index in [0.717, 1.165) is 19.4 Å². The molecule has 2 fully saturated rings. The van der Waals surface area contributed by atoms with Crippen molar-refractivity contribution in [2.45, 2.75) is 57.9 Å². The maximum absolute atomic E-state index is 14.0. The van der Waals surface area contributed by atoms with Crippen LogP contribution in [-0.2, 0) is 16.0 Å². The molecule has 0 radical (unpaired) electrons. The average Bonchev–Trinajstić information content (AvgIpc) is 3.04. The van der Waals surface area contributed by atoms with Crippen LogP contribution in [-0.4, -0.2) is 78.4 Å². The number of carbonyl (C=O) groups is 3. The van der Waals surface area contributed by atoms with Crippen LogP contribution in [0.1, 0.15) is 51.5 Å². The van der Waals surface area contributed by atoms with Gasteiger partial charge in [0.15, 0.2) is 0 Å². The maximum Gasteiger partial charge on any atom is 0.325 e. The number of rotatable bonds is 10. The zero-order valence-electron chi connectivity index (χ0n) is 21.0. The summed E-state index contributed by atoms with van der Waals surface area (Å²) in [7, 11) is 3.91. The first kappa shape index (κ1) is 26.1. The Morgan fingerprint density at radius 2 is 1.88 bits per heavy atom. The summed E-state index contributed by atoms with van der Waals surface area (Å²) in [5, 5.41) is 3.03. The van der Waals surface area contributed by atoms with Crippen molar-refractivity contribution in [2.75, 3.05) is 40.3 Å². The fourth-order valence-corrected chi connectivity index (χ4v) is 5.39. The molecule has 34 heavy (non-hydrogen) atoms. The highest BCUT2D eigenvalue weighted by Crippen LogP contribution is 2.37. The molecule has 2 aliphatic heterocycles. The van der Waals surface area contributed by atoms with Crippen molar-refractivity contribution < 1.29 is 18.8 Å². The molecule has 188 valence electrons. The minimum absolute atomic E-state index is 0.0257. The average molecular weight is 475 g/mol. The quantitative estimate of drug-likeness (QED) is 0.528. The molecule has 1 unspecified atom stereocenters. The Morgan fingerprint density at radius 1 is 1.21 bits per heavy atom. The van der Waals surface area contributed by atoms with Crippen LogP contribution in [0.3, 0.4) is 0 Å². The predicted octanol–water partition coefficient (Wildman–Crippen LogP) is 3.29. The molecule has 0 bridgehead atoms. The Kier molecular flexibility index (Phi) is 8.68. The van der Waals surface area contributed by atoms with Crippen molar-refractivity contribution in [1.82, 2.24) is 20.0 Å². The minimum Gasteiger partial charge on any atom is -0.342 e. The van der Waals surface area contributed by atoms with E-state index in [0.29, 0.717) is 44.5 Å². The fourth-order valence-electron chi connectivity index (χ4n) is 5.39. The van der Waals surface area contributed by atoms with Crippen molar-refractivity contribution in [1.29, 1.82) is 0 Å². The first-order valence-corrected chi connectivity index (χ1v) is 12.5. The molecule has 8 heteroatoms. The molecule has 0 spiro atoms. The Hall–Kier alpha value is -2.48. The predicted molar refractivity (Wildman–Crippen MR) is 130 cm³/mol. The number of nitrogens with one attached hydrogen (secondary N) is 1. The number of hydrogen-bond donors (Lipinski definition) is 1. The summed E-state index contributed by atoms with van der Waals surface area (Å²) in [6.45, 7) is 6.31. The molecule has 2 saturated heterocycles. The summed E-state index contributed by atoms with van der Waals surface area (Å²) >= 11 is 0. The molecule has 0 aromatic heterocycles. The van der Waals surface area contributed by atoms with Crippen LogP contribution in [0.25, 0.3) is 0 Å². The molecule has 1 aromatic carbocycles. The van der Waals surface area contributed by atoms with Gasteiger partial charge in [0.05, 0.1) is 0 Å². The lowest BCUT2D eigenvalue weighted by molar-refractivity contribution is -0.139. The molecule has 1 aromatic rings. The first-order chi connectivity index (χ1) is 16.2. The van der Waals surface area contributed by atoms with Gasteiger partial charge in [-0.3, -0.25) is 14.5 Å². The van der Waals surface area contributed by atoms with Gasteiger partial charge in [-0.25, -0.2) is 9.18 Å². The van der Waals surface area contributed by atoms with Crippen LogP contribution in [0.5, 0.6) is 0 Å². The maximum atomic E-state index is 14.0. The fraction of sp³-hybridized carbons (Fsp3) is 0.654. The van der Waals surface area contributed by atoms with Crippen LogP contribution < -0.4 is 5.32 Å². The molecule has 3 rings (SSSR count). The summed E-state index contributed by atoms with van der Waals surface area (Å²) in [5.74, 6) is -0.521. The van der Waals surface area contributed by atoms with E-state index in [9.17, 15) is 18.8 Å². The molecule has 0 saturated carbocycles. The second-order valence-corrected chi connectivity index (χ2v) is 9.93. The number of imide groups is 1. The third-order valence-electron chi connectivity index (χ3n) is 7.40. The molecular formula is C26H39FN4O3. The van der Waals surface area contributed by atoms with E-state index >= 15 is 0 Å². The van der Waals surface area contributed by atoms with E-state index in [1.54, 1.807) is 12.1 Å². The summed E-state index contributed by atoms with van der Waals surface area (Å²) in [6.07, 6.45) is 3.80. The van der Waals surface area contributed by atoms with Crippen molar-refractivity contribution in [3.05, 3.63) is 35.6 Å². The number of amides is 4. The molecule has 1 N–H and O–H groups in total. The van der Waals surface area contributed by atoms with Crippen LogP contribution in [0.2, 0.25) is 0 Å². The largest absolute Gasteiger partial charge is 0.342 e. The van der Waals surface area contributed by atoms with Gasteiger partial charge in [-0.1, -0.05) is 26.0 Å². The van der Waals surface area contributed by atoms with Crippen molar-refractivity contribution >= 4 is 17.8 Å². The first-order valence-electron chi connectivity index (χ1n) is 12.5. The van der Waals surface area contributed by atoms with Crippen LogP contribution in [0.15, 0.2) is 24.3 Å². The number of likely N-dealkylation sites (tertiary alicyclic amines) is 1. The van der Waals surface area contributed by atoms with Gasteiger partial charge in [-0.2, -0.15) is 0 Å². The summed E-state index contributed by atoms with van der Waals surface area (Å²) in [4.78, 5) is 44.8. The van der Waals surface area contributed by atoms with Gasteiger partial charge < -0.3 is 15.1 Å². The van der Waals surface area contributed by atoms with E-state index in [2.05, 4.69) is 5.32 Å². The lowest BCUT2D eigenvalue weighted by atomic mass is 9.73. The molecule has 2 aliphatic rings. The topological polar surface area (TPSA) is 73.0 Å². The molecule has 7 nitrogen and oxygen atoms in total. The Balaban J connectivity index is 1.82. The van der Waals surface area contributed by atoms with Gasteiger partial charge in [0.1, 0.15) is 11.4 Å². The minimum atomic E-state index is -1.12. The van der Waals surface area contributed by atoms with Crippen molar-refractivity contribution in [3.8, 4) is 0 Å². The van der Waals surface area contributed by atoms with Crippen LogP contribution >= 0.6 is 0 Å². The number of nitrogens with zero attached hydrogens (tertiary/aromatic N) is 3. The van der Waals surface area contributed by atoms with Gasteiger partial charge in [-0.15, -0.1) is 0 Å². The SMILES string of the molecule is CCC(CC)C(=O)N1CCC(C2(Cc3cccc(F)c3)NC(=O)N(CCCN(C)C)C2=O)CC1. The van der Waals surface area contributed by atoms with E-state index in [1.807, 2.05) is 37.7 Å². The Labute approximate surface area is 202 Å². The van der Waals surface area contributed by atoms with Crippen molar-refractivity contribution in [3.63, 3.8) is 0 Å². The summed E-state index contributed by atoms with van der Waals surface area (Å²) in [6, 6.07) is 5.86. The lowest BCUT2D eigenvalue weighted by Crippen LogP contribution is -2.58. The van der Waals surface area contributed by atoms with E-state index in [-0.39, 0.29) is 41.9 Å². The van der Waals surface area contributed by atoms with Gasteiger partial charge in [0.2, 0.25) is 5.91 Å². The lowest BCUT2D eigenvalue weighted by Gasteiger charge is -2.41. The molecule has 0 aliphatic carbocycles. The number of carbonyl (C=O) groups excluding carboxylic acids is 3. The summed E-state index contributed by atoms with van der Waals surface area (Å²) in [5.41, 5.74) is -0.438. The number of benzene rings is 1. The molecule has 2 heterocycles. The van der Waals surface area contributed by atoms with Gasteiger partial charge >= 0.3 is 6.03 Å². The van der Waals surface area contributed by atoms with E-state index in [1.165, 1.54) is 17.0 Å². The molecular weight excluding hydrogens is 435 g/mol. The normalized spacial score (nSPS) is 21.6. The monoisotopic (exact) mass is 474 g/mol. The van der Waals surface area contributed by atoms with Crippen LogP contribution in [0, 0.1) is 17.7 Å². The number of urea groups is 1. The highest BCUT2D eigenvalue weighted by Gasteiger charge is 2.55. The van der Waals surface area contributed by atoms with E-state index in [4.69, 9.17) is 0 Å². The summed E-state index contributed by atoms with van der Waals surface area (Å²) < 4.78 is 14.0. The van der Waals surface area contributed by atoms with E-state index < -0.39 is 5.54 Å². The standard InChI is InChI=1S/C26H39FN4O3/c1-5-20(6-2)23(32)30-15-11-21(12-16-30)26(18-19-9-7-10-22(27)17-19)24(33)31(25(34)28-26)14-8-13-29(3)4/h7,9-10,17,20-21H,5-6,8,11-16,18H2,1-4H3,(H,28,34). The van der Waals surface area contributed by atoms with Crippen molar-refractivity contribution in [2.24, 2.45) is 11.8 Å². The van der Waals surface area contributed by atoms with Crippen LogP contribution in [0.4, 0.5) is 9.18 Å².